The van der Waals surface area contributed by atoms with Gasteiger partial charge in [-0.3, -0.25) is 9.78 Å². The second-order valence-corrected chi connectivity index (χ2v) is 8.20. The van der Waals surface area contributed by atoms with E-state index in [0.29, 0.717) is 11.7 Å². The average Bonchev–Trinajstić information content (AvgIpc) is 2.63. The summed E-state index contributed by atoms with van der Waals surface area (Å²) in [4.78, 5) is 20.7. The molecule has 1 aromatic heterocycles. The third kappa shape index (κ3) is 4.81. The number of ketones is 1. The zero-order valence-electron chi connectivity index (χ0n) is 16.1. The van der Waals surface area contributed by atoms with Crippen molar-refractivity contribution in [2.75, 3.05) is 31.1 Å². The summed E-state index contributed by atoms with van der Waals surface area (Å²) in [6.07, 6.45) is 8.63. The molecule has 0 aliphatic carbocycles. The lowest BCUT2D eigenvalue weighted by atomic mass is 9.82. The summed E-state index contributed by atoms with van der Waals surface area (Å²) in [6.45, 7) is 11.0. The minimum atomic E-state index is 0.0359. The molecule has 0 bridgehead atoms. The number of hydrogen-bond donors (Lipinski definition) is 0. The molecule has 1 aromatic rings. The number of anilines is 1. The number of piperidine rings is 2. The average molecular weight is 344 g/mol. The van der Waals surface area contributed by atoms with Gasteiger partial charge in [0.15, 0.2) is 5.78 Å². The van der Waals surface area contributed by atoms with E-state index < -0.39 is 0 Å². The Labute approximate surface area is 152 Å². The lowest BCUT2D eigenvalue weighted by Gasteiger charge is -2.38. The topological polar surface area (TPSA) is 36.4 Å². The van der Waals surface area contributed by atoms with Crippen LogP contribution in [0.3, 0.4) is 0 Å². The molecule has 0 radical (unpaired) electrons. The molecule has 0 saturated carbocycles. The number of likely N-dealkylation sites (tertiary alicyclic amines) is 1. The van der Waals surface area contributed by atoms with Crippen LogP contribution in [0.5, 0.6) is 0 Å². The Balaban J connectivity index is 1.44. The summed E-state index contributed by atoms with van der Waals surface area (Å²) in [6, 6.07) is 4.60. The van der Waals surface area contributed by atoms with E-state index in [9.17, 15) is 4.79 Å². The number of carbonyl (C=O) groups is 1. The number of carbonyl (C=O) groups excluding carboxylic acids is 1. The second kappa shape index (κ2) is 8.31. The van der Waals surface area contributed by atoms with Crippen molar-refractivity contribution in [2.24, 2.45) is 11.8 Å². The van der Waals surface area contributed by atoms with Crippen LogP contribution in [0.15, 0.2) is 18.3 Å². The Morgan fingerprint density at radius 1 is 1.08 bits per heavy atom. The van der Waals surface area contributed by atoms with Crippen LogP contribution in [0.4, 0.5) is 5.69 Å². The van der Waals surface area contributed by atoms with Crippen molar-refractivity contribution < 1.29 is 4.79 Å². The monoisotopic (exact) mass is 343 g/mol. The van der Waals surface area contributed by atoms with Crippen LogP contribution in [0.25, 0.3) is 0 Å². The van der Waals surface area contributed by atoms with Crippen LogP contribution in [-0.4, -0.2) is 47.9 Å². The van der Waals surface area contributed by atoms with Crippen LogP contribution < -0.4 is 4.90 Å². The van der Waals surface area contributed by atoms with Gasteiger partial charge in [-0.05, 0) is 83.0 Å². The quantitative estimate of drug-likeness (QED) is 0.757. The SMILES string of the molecule is CC(=O)c1ccc(N2CCC(CC3CCN(C(C)C)CC3)CC2)cn1. The van der Waals surface area contributed by atoms with Crippen molar-refractivity contribution in [1.82, 2.24) is 9.88 Å². The molecular formula is C21H33N3O. The fourth-order valence-corrected chi connectivity index (χ4v) is 4.38. The maximum Gasteiger partial charge on any atom is 0.178 e. The molecule has 0 aromatic carbocycles. The summed E-state index contributed by atoms with van der Waals surface area (Å²) < 4.78 is 0. The Bertz CT molecular complexity index is 553. The van der Waals surface area contributed by atoms with Crippen molar-refractivity contribution in [2.45, 2.75) is 58.9 Å². The standard InChI is InChI=1S/C21H33N3O/c1-16(2)23-10-6-18(7-11-23)14-19-8-12-24(13-9-19)20-4-5-21(17(3)25)22-15-20/h4-5,15-16,18-19H,6-14H2,1-3H3. The van der Waals surface area contributed by atoms with E-state index in [1.807, 2.05) is 18.3 Å². The van der Waals surface area contributed by atoms with E-state index in [0.717, 1.165) is 30.6 Å². The first-order valence-corrected chi connectivity index (χ1v) is 9.99. The van der Waals surface area contributed by atoms with Crippen molar-refractivity contribution >= 4 is 11.5 Å². The van der Waals surface area contributed by atoms with Gasteiger partial charge < -0.3 is 9.80 Å². The highest BCUT2D eigenvalue weighted by molar-refractivity contribution is 5.92. The predicted octanol–water partition coefficient (Wildman–Crippen LogP) is 4.01. The minimum Gasteiger partial charge on any atom is -0.370 e. The molecule has 138 valence electrons. The van der Waals surface area contributed by atoms with Gasteiger partial charge in [0.25, 0.3) is 0 Å². The number of Topliss-reactive ketones (excluding diaryl/α,β-unsaturated/α-hetero) is 1. The van der Waals surface area contributed by atoms with Gasteiger partial charge in [-0.15, -0.1) is 0 Å². The summed E-state index contributed by atoms with van der Waals surface area (Å²) in [7, 11) is 0. The van der Waals surface area contributed by atoms with Crippen LogP contribution in [0, 0.1) is 11.8 Å². The molecule has 0 atom stereocenters. The molecule has 0 N–H and O–H groups in total. The van der Waals surface area contributed by atoms with Crippen molar-refractivity contribution in [1.29, 1.82) is 0 Å². The van der Waals surface area contributed by atoms with Gasteiger partial charge in [0.2, 0.25) is 0 Å². The van der Waals surface area contributed by atoms with Crippen LogP contribution in [-0.2, 0) is 0 Å². The minimum absolute atomic E-state index is 0.0359. The summed E-state index contributed by atoms with van der Waals surface area (Å²) in [5, 5.41) is 0. The molecule has 25 heavy (non-hydrogen) atoms. The fraction of sp³-hybridized carbons (Fsp3) is 0.714. The fourth-order valence-electron chi connectivity index (χ4n) is 4.38. The lowest BCUT2D eigenvalue weighted by Crippen LogP contribution is -2.39. The number of rotatable bonds is 5. The summed E-state index contributed by atoms with van der Waals surface area (Å²) in [5.74, 6) is 1.85. The van der Waals surface area contributed by atoms with Crippen molar-refractivity contribution in [3.63, 3.8) is 0 Å². The number of pyridine rings is 1. The van der Waals surface area contributed by atoms with Gasteiger partial charge in [-0.2, -0.15) is 0 Å². The molecule has 4 nitrogen and oxygen atoms in total. The lowest BCUT2D eigenvalue weighted by molar-refractivity contribution is 0.101. The highest BCUT2D eigenvalue weighted by Crippen LogP contribution is 2.31. The molecule has 0 amide bonds. The first-order valence-electron chi connectivity index (χ1n) is 9.99. The van der Waals surface area contributed by atoms with Crippen molar-refractivity contribution in [3.05, 3.63) is 24.0 Å². The van der Waals surface area contributed by atoms with Gasteiger partial charge in [0.05, 0.1) is 11.9 Å². The zero-order valence-corrected chi connectivity index (χ0v) is 16.1. The molecule has 3 rings (SSSR count). The second-order valence-electron chi connectivity index (χ2n) is 8.20. The summed E-state index contributed by atoms with van der Waals surface area (Å²) in [5.41, 5.74) is 1.72. The van der Waals surface area contributed by atoms with Crippen molar-refractivity contribution in [3.8, 4) is 0 Å². The van der Waals surface area contributed by atoms with Gasteiger partial charge in [0, 0.05) is 26.1 Å². The zero-order chi connectivity index (χ0) is 17.8. The highest BCUT2D eigenvalue weighted by atomic mass is 16.1. The number of hydrogen-bond acceptors (Lipinski definition) is 4. The van der Waals surface area contributed by atoms with Crippen LogP contribution in [0.2, 0.25) is 0 Å². The Kier molecular flexibility index (Phi) is 6.10. The number of aromatic nitrogens is 1. The molecular weight excluding hydrogens is 310 g/mol. The highest BCUT2D eigenvalue weighted by Gasteiger charge is 2.26. The molecule has 2 aliphatic heterocycles. The van der Waals surface area contributed by atoms with E-state index >= 15 is 0 Å². The molecule has 0 spiro atoms. The molecule has 0 unspecified atom stereocenters. The van der Waals surface area contributed by atoms with Crippen LogP contribution >= 0.6 is 0 Å². The third-order valence-electron chi connectivity index (χ3n) is 6.13. The van der Waals surface area contributed by atoms with Gasteiger partial charge in [0.1, 0.15) is 5.69 Å². The van der Waals surface area contributed by atoms with E-state index in [2.05, 4.69) is 28.6 Å². The molecule has 4 heteroatoms. The molecule has 2 saturated heterocycles. The molecule has 2 aliphatic rings. The normalized spacial score (nSPS) is 21.0. The van der Waals surface area contributed by atoms with Gasteiger partial charge >= 0.3 is 0 Å². The first kappa shape index (κ1) is 18.4. The smallest absolute Gasteiger partial charge is 0.178 e. The number of nitrogens with zero attached hydrogens (tertiary/aromatic N) is 3. The largest absolute Gasteiger partial charge is 0.370 e. The Morgan fingerprint density at radius 2 is 1.68 bits per heavy atom. The van der Waals surface area contributed by atoms with Crippen LogP contribution in [0.1, 0.15) is 63.4 Å². The summed E-state index contributed by atoms with van der Waals surface area (Å²) >= 11 is 0. The predicted molar refractivity (Wildman–Crippen MR) is 103 cm³/mol. The first-order chi connectivity index (χ1) is 12.0. The molecule has 3 heterocycles. The van der Waals surface area contributed by atoms with E-state index in [1.165, 1.54) is 45.2 Å². The molecule has 2 fully saturated rings. The third-order valence-corrected chi connectivity index (χ3v) is 6.13. The van der Waals surface area contributed by atoms with Gasteiger partial charge in [-0.1, -0.05) is 0 Å². The van der Waals surface area contributed by atoms with E-state index in [4.69, 9.17) is 0 Å². The Morgan fingerprint density at radius 3 is 2.16 bits per heavy atom. The van der Waals surface area contributed by atoms with E-state index in [-0.39, 0.29) is 5.78 Å². The Hall–Kier alpha value is -1.42. The van der Waals surface area contributed by atoms with Gasteiger partial charge in [-0.25, -0.2) is 0 Å². The maximum absolute atomic E-state index is 11.3. The van der Waals surface area contributed by atoms with E-state index in [1.54, 1.807) is 6.92 Å². The maximum atomic E-state index is 11.3.